The first-order valence-corrected chi connectivity index (χ1v) is 5.62. The maximum Gasteiger partial charge on any atom is 0.285 e. The van der Waals surface area contributed by atoms with Crippen molar-refractivity contribution >= 4 is 11.4 Å². The Kier molecular flexibility index (Phi) is 2.13. The van der Waals surface area contributed by atoms with Crippen molar-refractivity contribution in [1.29, 1.82) is 0 Å². The van der Waals surface area contributed by atoms with Crippen LogP contribution in [-0.4, -0.2) is 21.6 Å². The van der Waals surface area contributed by atoms with E-state index in [0.29, 0.717) is 5.56 Å². The molecule has 0 spiro atoms. The first-order chi connectivity index (χ1) is 8.81. The van der Waals surface area contributed by atoms with Gasteiger partial charge in [-0.2, -0.15) is 0 Å². The van der Waals surface area contributed by atoms with Gasteiger partial charge in [0.2, 0.25) is 0 Å². The summed E-state index contributed by atoms with van der Waals surface area (Å²) in [5.74, 6) is 0.157. The molecule has 0 amide bonds. The number of non-ortho nitro benzene ring substituents is 1. The number of benzene rings is 1. The Labute approximate surface area is 107 Å². The predicted octanol–water partition coefficient (Wildman–Crippen LogP) is 2.11. The number of nitro benzene ring substituents is 2. The fourth-order valence-corrected chi connectivity index (χ4v) is 2.43. The molecule has 8 nitrogen and oxygen atoms in total. The summed E-state index contributed by atoms with van der Waals surface area (Å²) in [4.78, 5) is 20.5. The summed E-state index contributed by atoms with van der Waals surface area (Å²) in [6, 6.07) is 2.15. The van der Waals surface area contributed by atoms with Crippen LogP contribution in [0.3, 0.4) is 0 Å². The predicted molar refractivity (Wildman–Crippen MR) is 62.1 cm³/mol. The quantitative estimate of drug-likeness (QED) is 0.460. The van der Waals surface area contributed by atoms with E-state index in [1.807, 2.05) is 0 Å². The number of nitro groups is 2. The van der Waals surface area contributed by atoms with E-state index in [2.05, 4.69) is 0 Å². The summed E-state index contributed by atoms with van der Waals surface area (Å²) >= 11 is 0. The van der Waals surface area contributed by atoms with E-state index in [9.17, 15) is 20.2 Å². The summed E-state index contributed by atoms with van der Waals surface area (Å²) in [5.41, 5.74) is -1.05. The minimum Gasteiger partial charge on any atom is -0.484 e. The molecule has 2 unspecified atom stereocenters. The van der Waals surface area contributed by atoms with Gasteiger partial charge in [0.25, 0.3) is 11.4 Å². The highest BCUT2D eigenvalue weighted by atomic mass is 16.6. The first kappa shape index (κ1) is 11.8. The van der Waals surface area contributed by atoms with Gasteiger partial charge in [-0.3, -0.25) is 20.2 Å². The normalized spacial score (nSPS) is 25.8. The molecule has 0 aliphatic carbocycles. The van der Waals surface area contributed by atoms with E-state index in [1.165, 1.54) is 6.07 Å². The Bertz CT molecular complexity index is 611. The standard InChI is InChI=1S/C11H10N2O6/c1-11(2)10-9(18-10)8-6(13(16)17)3-5(12(14)15)4-7(8)19-11/h3-4,9-10H,1-2H3. The summed E-state index contributed by atoms with van der Waals surface area (Å²) < 4.78 is 11.0. The van der Waals surface area contributed by atoms with E-state index < -0.39 is 21.6 Å². The van der Waals surface area contributed by atoms with E-state index in [0.717, 1.165) is 6.07 Å². The second-order valence-corrected chi connectivity index (χ2v) is 5.07. The van der Waals surface area contributed by atoms with Crippen molar-refractivity contribution in [3.63, 3.8) is 0 Å². The molecule has 3 rings (SSSR count). The highest BCUT2D eigenvalue weighted by Crippen LogP contribution is 2.57. The van der Waals surface area contributed by atoms with Crippen LogP contribution < -0.4 is 4.74 Å². The van der Waals surface area contributed by atoms with Crippen molar-refractivity contribution in [2.45, 2.75) is 31.7 Å². The van der Waals surface area contributed by atoms with Crippen molar-refractivity contribution in [2.75, 3.05) is 0 Å². The van der Waals surface area contributed by atoms with Crippen LogP contribution in [0.25, 0.3) is 0 Å². The lowest BCUT2D eigenvalue weighted by molar-refractivity contribution is -0.394. The Balaban J connectivity index is 2.21. The van der Waals surface area contributed by atoms with Crippen molar-refractivity contribution in [3.8, 4) is 5.75 Å². The Morgan fingerprint density at radius 3 is 2.47 bits per heavy atom. The van der Waals surface area contributed by atoms with Crippen LogP contribution in [0.1, 0.15) is 25.5 Å². The summed E-state index contributed by atoms with van der Waals surface area (Å²) in [6.45, 7) is 3.57. The average molecular weight is 266 g/mol. The summed E-state index contributed by atoms with van der Waals surface area (Å²) in [7, 11) is 0. The van der Waals surface area contributed by atoms with Crippen molar-refractivity contribution in [3.05, 3.63) is 37.9 Å². The fraction of sp³-hybridized carbons (Fsp3) is 0.455. The van der Waals surface area contributed by atoms with Crippen molar-refractivity contribution in [2.24, 2.45) is 0 Å². The number of rotatable bonds is 2. The third-order valence-electron chi connectivity index (χ3n) is 3.35. The van der Waals surface area contributed by atoms with Gasteiger partial charge >= 0.3 is 0 Å². The number of nitrogens with zero attached hydrogens (tertiary/aromatic N) is 2. The SMILES string of the molecule is CC1(C)Oc2cc([N+](=O)[O-])cc([N+](=O)[O-])c2C2OC21. The molecule has 0 aromatic heterocycles. The summed E-state index contributed by atoms with van der Waals surface area (Å²) in [6.07, 6.45) is -0.667. The minimum absolute atomic E-state index is 0.157. The summed E-state index contributed by atoms with van der Waals surface area (Å²) in [5, 5.41) is 21.9. The first-order valence-electron chi connectivity index (χ1n) is 5.62. The third-order valence-corrected chi connectivity index (χ3v) is 3.35. The van der Waals surface area contributed by atoms with Gasteiger partial charge < -0.3 is 9.47 Å². The second-order valence-electron chi connectivity index (χ2n) is 5.07. The zero-order valence-electron chi connectivity index (χ0n) is 10.2. The highest BCUT2D eigenvalue weighted by molar-refractivity contribution is 5.61. The molecule has 1 aromatic carbocycles. The van der Waals surface area contributed by atoms with Crippen LogP contribution in [0.15, 0.2) is 12.1 Å². The van der Waals surface area contributed by atoms with E-state index in [-0.39, 0.29) is 23.2 Å². The second kappa shape index (κ2) is 3.41. The Morgan fingerprint density at radius 1 is 1.21 bits per heavy atom. The Morgan fingerprint density at radius 2 is 1.89 bits per heavy atom. The van der Waals surface area contributed by atoms with Crippen molar-refractivity contribution < 1.29 is 19.3 Å². The van der Waals surface area contributed by atoms with Crippen LogP contribution in [0, 0.1) is 20.2 Å². The van der Waals surface area contributed by atoms with Crippen LogP contribution in [-0.2, 0) is 4.74 Å². The molecule has 2 atom stereocenters. The average Bonchev–Trinajstić information content (AvgIpc) is 3.07. The molecule has 2 aliphatic heterocycles. The van der Waals surface area contributed by atoms with Gasteiger partial charge in [0, 0.05) is 0 Å². The van der Waals surface area contributed by atoms with E-state index >= 15 is 0 Å². The number of hydrogen-bond acceptors (Lipinski definition) is 6. The maximum absolute atomic E-state index is 11.0. The minimum atomic E-state index is -0.677. The zero-order chi connectivity index (χ0) is 13.9. The smallest absolute Gasteiger partial charge is 0.285 e. The topological polar surface area (TPSA) is 108 Å². The molecule has 0 radical (unpaired) electrons. The number of ether oxygens (including phenoxy) is 2. The molecular formula is C11H10N2O6. The van der Waals surface area contributed by atoms with Gasteiger partial charge in [-0.25, -0.2) is 0 Å². The molecule has 0 N–H and O–H groups in total. The van der Waals surface area contributed by atoms with Gasteiger partial charge in [-0.05, 0) is 13.8 Å². The molecule has 19 heavy (non-hydrogen) atoms. The highest BCUT2D eigenvalue weighted by Gasteiger charge is 2.59. The molecule has 1 fully saturated rings. The monoisotopic (exact) mass is 266 g/mol. The van der Waals surface area contributed by atoms with Gasteiger partial charge in [-0.15, -0.1) is 0 Å². The van der Waals surface area contributed by atoms with Crippen LogP contribution in [0.2, 0.25) is 0 Å². The lowest BCUT2D eigenvalue weighted by Gasteiger charge is -2.29. The molecule has 2 aliphatic rings. The number of hydrogen-bond donors (Lipinski definition) is 0. The van der Waals surface area contributed by atoms with Gasteiger partial charge in [0.05, 0.1) is 22.0 Å². The lowest BCUT2D eigenvalue weighted by Crippen LogP contribution is -2.38. The molecule has 2 heterocycles. The molecule has 8 heteroatoms. The van der Waals surface area contributed by atoms with Gasteiger partial charge in [0.15, 0.2) is 0 Å². The fourth-order valence-electron chi connectivity index (χ4n) is 2.43. The van der Waals surface area contributed by atoms with E-state index in [4.69, 9.17) is 9.47 Å². The molecule has 1 saturated heterocycles. The molecule has 0 saturated carbocycles. The largest absolute Gasteiger partial charge is 0.484 e. The zero-order valence-corrected chi connectivity index (χ0v) is 10.2. The third kappa shape index (κ3) is 1.64. The van der Waals surface area contributed by atoms with Crippen LogP contribution in [0.5, 0.6) is 5.75 Å². The molecule has 0 bridgehead atoms. The Hall–Kier alpha value is -2.22. The number of fused-ring (bicyclic) bond motifs is 3. The molecule has 1 aromatic rings. The van der Waals surface area contributed by atoms with Gasteiger partial charge in [-0.1, -0.05) is 0 Å². The maximum atomic E-state index is 11.0. The molecule has 100 valence electrons. The van der Waals surface area contributed by atoms with Gasteiger partial charge in [0.1, 0.15) is 29.1 Å². The van der Waals surface area contributed by atoms with Crippen molar-refractivity contribution in [1.82, 2.24) is 0 Å². The van der Waals surface area contributed by atoms with Crippen LogP contribution in [0.4, 0.5) is 11.4 Å². The number of epoxide rings is 1. The van der Waals surface area contributed by atoms with E-state index in [1.54, 1.807) is 13.8 Å². The lowest BCUT2D eigenvalue weighted by atomic mass is 9.93. The molecular weight excluding hydrogens is 256 g/mol. The van der Waals surface area contributed by atoms with Crippen LogP contribution >= 0.6 is 0 Å².